The number of hydrogen-bond acceptors (Lipinski definition) is 4. The number of para-hydroxylation sites is 1. The van der Waals surface area contributed by atoms with Crippen molar-refractivity contribution >= 4 is 11.9 Å². The van der Waals surface area contributed by atoms with Gasteiger partial charge in [0.1, 0.15) is 11.7 Å². The van der Waals surface area contributed by atoms with Gasteiger partial charge in [-0.3, -0.25) is 9.59 Å². The van der Waals surface area contributed by atoms with E-state index < -0.39 is 17.6 Å². The van der Waals surface area contributed by atoms with E-state index in [9.17, 15) is 9.59 Å². The average molecular weight is 329 g/mol. The third-order valence-corrected chi connectivity index (χ3v) is 5.50. The van der Waals surface area contributed by atoms with Crippen molar-refractivity contribution < 1.29 is 19.1 Å². The molecule has 5 nitrogen and oxygen atoms in total. The van der Waals surface area contributed by atoms with Gasteiger partial charge in [-0.1, -0.05) is 24.6 Å². The van der Waals surface area contributed by atoms with Gasteiger partial charge in [-0.15, -0.1) is 0 Å². The quantitative estimate of drug-likeness (QED) is 0.669. The molecular weight excluding hydrogens is 306 g/mol. The van der Waals surface area contributed by atoms with E-state index >= 15 is 0 Å². The highest BCUT2D eigenvalue weighted by molar-refractivity contribution is 6.00. The van der Waals surface area contributed by atoms with Gasteiger partial charge in [-0.25, -0.2) is 0 Å². The molecule has 0 radical (unpaired) electrons. The lowest BCUT2D eigenvalue weighted by Crippen LogP contribution is -2.69. The summed E-state index contributed by atoms with van der Waals surface area (Å²) in [7, 11) is 0. The molecule has 1 aliphatic carbocycles. The van der Waals surface area contributed by atoms with Crippen molar-refractivity contribution in [3.8, 4) is 5.75 Å². The first kappa shape index (κ1) is 15.5. The molecule has 1 aromatic rings. The Balaban J connectivity index is 1.82. The van der Waals surface area contributed by atoms with Crippen LogP contribution in [0.3, 0.4) is 0 Å². The molecule has 4 atom stereocenters. The predicted molar refractivity (Wildman–Crippen MR) is 87.4 cm³/mol. The number of nitrogens with one attached hydrogen (secondary N) is 1. The fourth-order valence-electron chi connectivity index (χ4n) is 4.63. The van der Waals surface area contributed by atoms with Gasteiger partial charge in [0.05, 0.1) is 6.10 Å². The highest BCUT2D eigenvalue weighted by atomic mass is 16.5. The SMILES string of the molecule is CC(C)OC(=O)[C@H]1C(=O)N[C@@]23CCCC[C@@H]2[C@H]1c1ccccc1O3. The van der Waals surface area contributed by atoms with Gasteiger partial charge in [0, 0.05) is 18.3 Å². The van der Waals surface area contributed by atoms with E-state index in [0.29, 0.717) is 0 Å². The van der Waals surface area contributed by atoms with Crippen LogP contribution in [0.1, 0.15) is 51.0 Å². The van der Waals surface area contributed by atoms with Gasteiger partial charge in [-0.05, 0) is 38.3 Å². The number of ether oxygens (including phenoxy) is 2. The normalized spacial score (nSPS) is 33.8. The minimum absolute atomic E-state index is 0.114. The minimum atomic E-state index is -0.798. The Labute approximate surface area is 141 Å². The number of piperidine rings is 1. The third-order valence-electron chi connectivity index (χ3n) is 5.50. The van der Waals surface area contributed by atoms with Gasteiger partial charge < -0.3 is 14.8 Å². The van der Waals surface area contributed by atoms with Crippen molar-refractivity contribution in [3.05, 3.63) is 29.8 Å². The number of carbonyl (C=O) groups excluding carboxylic acids is 2. The van der Waals surface area contributed by atoms with Crippen molar-refractivity contribution in [2.45, 2.75) is 57.3 Å². The molecule has 5 heteroatoms. The summed E-state index contributed by atoms with van der Waals surface area (Å²) in [5.41, 5.74) is 0.295. The monoisotopic (exact) mass is 329 g/mol. The van der Waals surface area contributed by atoms with E-state index in [2.05, 4.69) is 5.32 Å². The molecule has 2 bridgehead atoms. The van der Waals surface area contributed by atoms with Gasteiger partial charge >= 0.3 is 5.97 Å². The van der Waals surface area contributed by atoms with Crippen LogP contribution in [0.4, 0.5) is 0 Å². The molecule has 128 valence electrons. The zero-order valence-electron chi connectivity index (χ0n) is 14.1. The lowest BCUT2D eigenvalue weighted by atomic mass is 9.62. The molecule has 4 rings (SSSR count). The van der Waals surface area contributed by atoms with E-state index in [0.717, 1.165) is 37.0 Å². The molecule has 1 amide bonds. The summed E-state index contributed by atoms with van der Waals surface area (Å²) in [5, 5.41) is 3.05. The van der Waals surface area contributed by atoms with Crippen LogP contribution in [0.15, 0.2) is 24.3 Å². The van der Waals surface area contributed by atoms with Crippen LogP contribution in [-0.4, -0.2) is 23.7 Å². The number of amides is 1. The Hall–Kier alpha value is -2.04. The lowest BCUT2D eigenvalue weighted by molar-refractivity contribution is -0.173. The maximum atomic E-state index is 12.8. The Morgan fingerprint density at radius 2 is 2.12 bits per heavy atom. The molecule has 2 heterocycles. The van der Waals surface area contributed by atoms with E-state index in [1.54, 1.807) is 0 Å². The second-order valence-electron chi connectivity index (χ2n) is 7.36. The summed E-state index contributed by atoms with van der Waals surface area (Å²) < 4.78 is 11.7. The zero-order chi connectivity index (χ0) is 16.9. The summed E-state index contributed by atoms with van der Waals surface area (Å²) in [5.74, 6) is -0.767. The topological polar surface area (TPSA) is 64.6 Å². The maximum Gasteiger partial charge on any atom is 0.319 e. The zero-order valence-corrected chi connectivity index (χ0v) is 14.1. The van der Waals surface area contributed by atoms with Crippen molar-refractivity contribution in [2.24, 2.45) is 11.8 Å². The number of carbonyl (C=O) groups is 2. The van der Waals surface area contributed by atoms with Gasteiger partial charge in [-0.2, -0.15) is 0 Å². The van der Waals surface area contributed by atoms with Crippen molar-refractivity contribution in [3.63, 3.8) is 0 Å². The van der Waals surface area contributed by atoms with Crippen molar-refractivity contribution in [1.82, 2.24) is 5.32 Å². The Bertz CT molecular complexity index is 686. The third kappa shape index (κ3) is 2.21. The van der Waals surface area contributed by atoms with Crippen LogP contribution in [0.2, 0.25) is 0 Å². The molecular formula is C19H23NO4. The summed E-state index contributed by atoms with van der Waals surface area (Å²) in [6.45, 7) is 3.61. The van der Waals surface area contributed by atoms with Crippen LogP contribution in [-0.2, 0) is 14.3 Å². The molecule has 1 N–H and O–H groups in total. The highest BCUT2D eigenvalue weighted by Gasteiger charge is 2.61. The number of esters is 1. The molecule has 0 aromatic heterocycles. The van der Waals surface area contributed by atoms with Gasteiger partial charge in [0.25, 0.3) is 0 Å². The first-order valence-electron chi connectivity index (χ1n) is 8.82. The maximum absolute atomic E-state index is 12.8. The molecule has 24 heavy (non-hydrogen) atoms. The second kappa shape index (κ2) is 5.50. The predicted octanol–water partition coefficient (Wildman–Crippen LogP) is 2.75. The van der Waals surface area contributed by atoms with E-state index in [1.165, 1.54) is 0 Å². The molecule has 0 unspecified atom stereocenters. The van der Waals surface area contributed by atoms with Crippen LogP contribution >= 0.6 is 0 Å². The smallest absolute Gasteiger partial charge is 0.319 e. The van der Waals surface area contributed by atoms with Crippen LogP contribution in [0.5, 0.6) is 5.75 Å². The van der Waals surface area contributed by atoms with E-state index in [4.69, 9.17) is 9.47 Å². The van der Waals surface area contributed by atoms with Gasteiger partial charge in [0.2, 0.25) is 5.91 Å². The summed E-state index contributed by atoms with van der Waals surface area (Å²) in [4.78, 5) is 25.5. The number of rotatable bonds is 2. The number of benzene rings is 1. The fraction of sp³-hybridized carbons (Fsp3) is 0.579. The molecule has 1 aromatic carbocycles. The molecule has 0 spiro atoms. The number of hydrogen-bond donors (Lipinski definition) is 1. The Morgan fingerprint density at radius 1 is 1.33 bits per heavy atom. The second-order valence-corrected chi connectivity index (χ2v) is 7.36. The van der Waals surface area contributed by atoms with E-state index in [1.807, 2.05) is 38.1 Å². The van der Waals surface area contributed by atoms with Crippen LogP contribution in [0.25, 0.3) is 0 Å². The fourth-order valence-corrected chi connectivity index (χ4v) is 4.63. The van der Waals surface area contributed by atoms with Gasteiger partial charge in [0.15, 0.2) is 5.72 Å². The molecule has 1 saturated carbocycles. The highest BCUT2D eigenvalue weighted by Crippen LogP contribution is 2.55. The Morgan fingerprint density at radius 3 is 2.92 bits per heavy atom. The van der Waals surface area contributed by atoms with E-state index in [-0.39, 0.29) is 23.8 Å². The van der Waals surface area contributed by atoms with Crippen molar-refractivity contribution in [1.29, 1.82) is 0 Å². The van der Waals surface area contributed by atoms with Crippen LogP contribution in [0, 0.1) is 11.8 Å². The standard InChI is InChI=1S/C19H23NO4/c1-11(2)23-18(22)16-15-12-7-3-4-9-14(12)24-19(20-17(16)21)10-6-5-8-13(15)19/h3-4,7,9,11,13,15-16H,5-6,8,10H2,1-2H3,(H,20,21)/t13-,15-,16-,19-/m1/s1. The summed E-state index contributed by atoms with van der Waals surface area (Å²) >= 11 is 0. The largest absolute Gasteiger partial charge is 0.467 e. The summed E-state index contributed by atoms with van der Waals surface area (Å²) in [6.07, 6.45) is 3.62. The van der Waals surface area contributed by atoms with Crippen LogP contribution < -0.4 is 10.1 Å². The lowest BCUT2D eigenvalue weighted by Gasteiger charge is -2.55. The molecule has 1 saturated heterocycles. The number of fused-ring (bicyclic) bond motifs is 2. The molecule has 2 fully saturated rings. The Kier molecular flexibility index (Phi) is 3.55. The summed E-state index contributed by atoms with van der Waals surface area (Å²) in [6, 6.07) is 7.77. The average Bonchev–Trinajstić information content (AvgIpc) is 2.53. The minimum Gasteiger partial charge on any atom is -0.467 e. The molecule has 2 aliphatic heterocycles. The van der Waals surface area contributed by atoms with Crippen molar-refractivity contribution in [2.75, 3.05) is 0 Å². The first-order valence-corrected chi connectivity index (χ1v) is 8.82. The molecule has 3 aliphatic rings. The first-order chi connectivity index (χ1) is 11.5.